The van der Waals surface area contributed by atoms with Gasteiger partial charge in [-0.25, -0.2) is 0 Å². The molecule has 0 bridgehead atoms. The Morgan fingerprint density at radius 1 is 0.293 bits per heavy atom. The Kier molecular flexibility index (Phi) is 58.0. The highest BCUT2D eigenvalue weighted by Crippen LogP contribution is 2.14. The number of esters is 3. The van der Waals surface area contributed by atoms with Crippen molar-refractivity contribution in [3.8, 4) is 0 Å². The van der Waals surface area contributed by atoms with Crippen LogP contribution in [0.25, 0.3) is 0 Å². The van der Waals surface area contributed by atoms with E-state index < -0.39 is 12.1 Å². The second kappa shape index (κ2) is 61.8. The van der Waals surface area contributed by atoms with Crippen molar-refractivity contribution < 1.29 is 28.6 Å². The number of carbonyl (C=O) groups is 3. The van der Waals surface area contributed by atoms with E-state index in [1.54, 1.807) is 6.08 Å². The lowest BCUT2D eigenvalue weighted by Gasteiger charge is -2.18. The van der Waals surface area contributed by atoms with Gasteiger partial charge in [0.1, 0.15) is 13.2 Å². The van der Waals surface area contributed by atoms with Gasteiger partial charge in [0.2, 0.25) is 0 Å². The van der Waals surface area contributed by atoms with Crippen molar-refractivity contribution in [2.24, 2.45) is 0 Å². The first-order chi connectivity index (χ1) is 37.0. The lowest BCUT2D eigenvalue weighted by molar-refractivity contribution is -0.166. The fraction of sp³-hybridized carbons (Fsp3) is 0.609. The zero-order valence-electron chi connectivity index (χ0n) is 48.3. The van der Waals surface area contributed by atoms with Crippen molar-refractivity contribution in [1.29, 1.82) is 0 Å². The summed E-state index contributed by atoms with van der Waals surface area (Å²) in [6, 6.07) is 0. The zero-order valence-corrected chi connectivity index (χ0v) is 48.3. The fourth-order valence-electron chi connectivity index (χ4n) is 7.87. The summed E-state index contributed by atoms with van der Waals surface area (Å²) in [5.41, 5.74) is 0. The van der Waals surface area contributed by atoms with Gasteiger partial charge in [0.15, 0.2) is 6.10 Å². The second-order valence-electron chi connectivity index (χ2n) is 19.5. The predicted octanol–water partition coefficient (Wildman–Crippen LogP) is 20.8. The molecule has 1 atom stereocenters. The van der Waals surface area contributed by atoms with Gasteiger partial charge in [-0.2, -0.15) is 0 Å². The van der Waals surface area contributed by atoms with Gasteiger partial charge in [0.05, 0.1) is 6.42 Å². The van der Waals surface area contributed by atoms with Gasteiger partial charge in [-0.15, -0.1) is 0 Å². The molecule has 422 valence electrons. The normalized spacial score (nSPS) is 13.2. The average molecular weight is 1040 g/mol. The third-order valence-corrected chi connectivity index (χ3v) is 12.3. The van der Waals surface area contributed by atoms with Gasteiger partial charge in [-0.05, 0) is 122 Å². The molecule has 0 aromatic rings. The Hall–Kier alpha value is -4.71. The summed E-state index contributed by atoms with van der Waals surface area (Å²) < 4.78 is 16.8. The van der Waals surface area contributed by atoms with Crippen molar-refractivity contribution in [2.45, 2.75) is 258 Å². The quantitative estimate of drug-likeness (QED) is 0.0261. The monoisotopic (exact) mass is 1030 g/mol. The van der Waals surface area contributed by atoms with E-state index in [9.17, 15) is 14.4 Å². The molecule has 0 aliphatic heterocycles. The highest BCUT2D eigenvalue weighted by molar-refractivity contribution is 5.72. The van der Waals surface area contributed by atoms with E-state index >= 15 is 0 Å². The lowest BCUT2D eigenvalue weighted by Crippen LogP contribution is -2.30. The third kappa shape index (κ3) is 60.0. The molecule has 0 fully saturated rings. The molecule has 1 unspecified atom stereocenters. The molecule has 0 aliphatic carbocycles. The Balaban J connectivity index is 4.48. The predicted molar refractivity (Wildman–Crippen MR) is 325 cm³/mol. The summed E-state index contributed by atoms with van der Waals surface area (Å²) in [6.45, 7) is 6.28. The summed E-state index contributed by atoms with van der Waals surface area (Å²) in [4.78, 5) is 38.2. The molecule has 0 aliphatic rings. The van der Waals surface area contributed by atoms with Gasteiger partial charge in [0, 0.05) is 12.8 Å². The first-order valence-electron chi connectivity index (χ1n) is 30.3. The van der Waals surface area contributed by atoms with E-state index in [-0.39, 0.29) is 38.0 Å². The molecule has 0 spiro atoms. The summed E-state index contributed by atoms with van der Waals surface area (Å²) >= 11 is 0. The highest BCUT2D eigenvalue weighted by atomic mass is 16.6. The average Bonchev–Trinajstić information content (AvgIpc) is 3.41. The van der Waals surface area contributed by atoms with Crippen molar-refractivity contribution in [2.75, 3.05) is 13.2 Å². The van der Waals surface area contributed by atoms with Crippen LogP contribution in [-0.2, 0) is 28.6 Å². The van der Waals surface area contributed by atoms with E-state index in [1.807, 2.05) is 6.08 Å². The standard InChI is InChI=1S/C69H110O6/c1-4-7-10-13-16-19-22-25-28-30-31-32-33-34-35-36-37-39-41-44-47-50-53-56-59-62-68(71)74-65-66(64-73-67(70)61-58-55-52-49-46-43-40-27-24-21-18-15-12-9-6-3)75-69(72)63-60-57-54-51-48-45-42-38-29-26-23-20-17-14-11-8-5-2/h8-9,11-12,17-18,20-22,25-27,29-31,33-34,40,42,45-46,49,55,58,66H,4-7,10,13-16,19,23-24,28,32,35-39,41,43-44,47-48,50-54,56-57,59-65H2,1-3H3/b11-8-,12-9-,20-17-,21-18-,25-22-,29-26-,31-30-,34-33-,40-27-,45-42-,49-46-,58-55-. The number of rotatable bonds is 53. The van der Waals surface area contributed by atoms with Crippen LogP contribution in [0.1, 0.15) is 252 Å². The number of hydrogen-bond donors (Lipinski definition) is 0. The smallest absolute Gasteiger partial charge is 0.309 e. The number of ether oxygens (including phenoxy) is 3. The van der Waals surface area contributed by atoms with Gasteiger partial charge in [0.25, 0.3) is 0 Å². The van der Waals surface area contributed by atoms with Crippen molar-refractivity contribution in [3.63, 3.8) is 0 Å². The van der Waals surface area contributed by atoms with E-state index in [1.165, 1.54) is 89.9 Å². The third-order valence-electron chi connectivity index (χ3n) is 12.3. The molecule has 0 N–H and O–H groups in total. The minimum Gasteiger partial charge on any atom is -0.462 e. The van der Waals surface area contributed by atoms with Crippen LogP contribution in [0.3, 0.4) is 0 Å². The molecule has 0 aromatic heterocycles. The van der Waals surface area contributed by atoms with Crippen LogP contribution in [0.5, 0.6) is 0 Å². The maximum atomic E-state index is 12.9. The van der Waals surface area contributed by atoms with Crippen LogP contribution in [0.4, 0.5) is 0 Å². The van der Waals surface area contributed by atoms with Crippen LogP contribution < -0.4 is 0 Å². The molecule has 0 saturated heterocycles. The summed E-state index contributed by atoms with van der Waals surface area (Å²) in [5.74, 6) is -1.09. The van der Waals surface area contributed by atoms with Crippen LogP contribution in [0.2, 0.25) is 0 Å². The lowest BCUT2D eigenvalue weighted by atomic mass is 10.1. The van der Waals surface area contributed by atoms with E-state index in [4.69, 9.17) is 14.2 Å². The van der Waals surface area contributed by atoms with Crippen molar-refractivity contribution in [3.05, 3.63) is 146 Å². The maximum absolute atomic E-state index is 12.9. The molecular formula is C69H110O6. The number of allylic oxidation sites excluding steroid dienone is 23. The molecule has 0 radical (unpaired) electrons. The van der Waals surface area contributed by atoms with Gasteiger partial charge in [-0.1, -0.05) is 256 Å². The molecule has 0 saturated carbocycles. The Labute approximate surface area is 461 Å². The second-order valence-corrected chi connectivity index (χ2v) is 19.5. The Bertz CT molecular complexity index is 1660. The SMILES string of the molecule is CC/C=C\C/C=C\C/C=C\C/C=C\C/C=C\CC(=O)OCC(COC(=O)CCCCCCCCCCCC/C=C\C/C=C\C/C=C\CCCCCCC)OC(=O)CCCCCC/C=C\C/C=C\C/C=C\C/C=C\CC. The number of carbonyl (C=O) groups excluding carboxylic acids is 3. The van der Waals surface area contributed by atoms with Crippen LogP contribution in [-0.4, -0.2) is 37.2 Å². The number of hydrogen-bond acceptors (Lipinski definition) is 6. The highest BCUT2D eigenvalue weighted by Gasteiger charge is 2.19. The molecule has 75 heavy (non-hydrogen) atoms. The first kappa shape index (κ1) is 70.3. The van der Waals surface area contributed by atoms with Crippen LogP contribution in [0, 0.1) is 0 Å². The minimum atomic E-state index is -0.840. The number of unbranched alkanes of at least 4 members (excludes halogenated alkanes) is 19. The zero-order chi connectivity index (χ0) is 54.3. The van der Waals surface area contributed by atoms with Gasteiger partial charge in [-0.3, -0.25) is 14.4 Å². The van der Waals surface area contributed by atoms with E-state index in [0.717, 1.165) is 122 Å². The molecule has 6 nitrogen and oxygen atoms in total. The molecule has 0 aromatic carbocycles. The van der Waals surface area contributed by atoms with E-state index in [2.05, 4.69) is 154 Å². The van der Waals surface area contributed by atoms with Gasteiger partial charge >= 0.3 is 17.9 Å². The molecule has 0 heterocycles. The van der Waals surface area contributed by atoms with Gasteiger partial charge < -0.3 is 14.2 Å². The Morgan fingerprint density at radius 2 is 0.573 bits per heavy atom. The summed E-state index contributed by atoms with van der Waals surface area (Å²) in [6.07, 6.45) is 88.7. The summed E-state index contributed by atoms with van der Waals surface area (Å²) in [7, 11) is 0. The summed E-state index contributed by atoms with van der Waals surface area (Å²) in [5, 5.41) is 0. The van der Waals surface area contributed by atoms with Crippen molar-refractivity contribution >= 4 is 17.9 Å². The maximum Gasteiger partial charge on any atom is 0.309 e. The molecule has 6 heteroatoms. The topological polar surface area (TPSA) is 78.9 Å². The Morgan fingerprint density at radius 3 is 0.933 bits per heavy atom. The van der Waals surface area contributed by atoms with E-state index in [0.29, 0.717) is 6.42 Å². The largest absolute Gasteiger partial charge is 0.462 e. The first-order valence-corrected chi connectivity index (χ1v) is 30.3. The van der Waals surface area contributed by atoms with Crippen molar-refractivity contribution in [1.82, 2.24) is 0 Å². The minimum absolute atomic E-state index is 0.114. The fourth-order valence-corrected chi connectivity index (χ4v) is 7.87. The van der Waals surface area contributed by atoms with Crippen LogP contribution >= 0.6 is 0 Å². The molecule has 0 rings (SSSR count). The van der Waals surface area contributed by atoms with Crippen LogP contribution in [0.15, 0.2) is 146 Å². The molecular weight excluding hydrogens is 925 g/mol. The molecule has 0 amide bonds.